The van der Waals surface area contributed by atoms with Crippen molar-refractivity contribution in [3.05, 3.63) is 41.2 Å². The summed E-state index contributed by atoms with van der Waals surface area (Å²) in [5.41, 5.74) is 2.48. The number of aryl methyl sites for hydroxylation is 1. The van der Waals surface area contributed by atoms with Gasteiger partial charge in [-0.15, -0.1) is 0 Å². The molecule has 0 fully saturated rings. The van der Waals surface area contributed by atoms with Gasteiger partial charge in [0, 0.05) is 18.3 Å². The molecule has 0 aromatic heterocycles. The van der Waals surface area contributed by atoms with E-state index in [2.05, 4.69) is 39.0 Å². The highest BCUT2D eigenvalue weighted by Gasteiger charge is 2.44. The first-order valence-corrected chi connectivity index (χ1v) is 8.71. The minimum absolute atomic E-state index is 0.170. The third kappa shape index (κ3) is 2.88. The van der Waals surface area contributed by atoms with Crippen molar-refractivity contribution in [3.8, 4) is 5.75 Å². The molecule has 120 valence electrons. The largest absolute Gasteiger partial charge is 0.513 e. The molecule has 22 heavy (non-hydrogen) atoms. The Balaban J connectivity index is 1.88. The van der Waals surface area contributed by atoms with Gasteiger partial charge in [-0.2, -0.15) is 0 Å². The molecule has 1 heterocycles. The number of aliphatic hydroxyl groups excluding tert-OH is 1. The smallest absolute Gasteiger partial charge is 0.123 e. The Hall–Kier alpha value is -1.44. The van der Waals surface area contributed by atoms with Crippen molar-refractivity contribution in [1.29, 1.82) is 0 Å². The minimum Gasteiger partial charge on any atom is -0.513 e. The van der Waals surface area contributed by atoms with E-state index in [1.807, 2.05) is 6.08 Å². The zero-order chi connectivity index (χ0) is 15.7. The molecular formula is C20H28O2. The van der Waals surface area contributed by atoms with Crippen molar-refractivity contribution < 1.29 is 9.84 Å². The van der Waals surface area contributed by atoms with E-state index in [-0.39, 0.29) is 5.60 Å². The second-order valence-corrected chi connectivity index (χ2v) is 7.38. The van der Waals surface area contributed by atoms with Gasteiger partial charge in [0.1, 0.15) is 11.4 Å². The summed E-state index contributed by atoms with van der Waals surface area (Å²) in [7, 11) is 0. The molecule has 1 N–H and O–H groups in total. The maximum atomic E-state index is 9.96. The Morgan fingerprint density at radius 1 is 1.27 bits per heavy atom. The Bertz CT molecular complexity index is 571. The fraction of sp³-hybridized carbons (Fsp3) is 0.600. The maximum absolute atomic E-state index is 9.96. The van der Waals surface area contributed by atoms with Crippen LogP contribution in [-0.4, -0.2) is 10.7 Å². The summed E-state index contributed by atoms with van der Waals surface area (Å²) >= 11 is 0. The van der Waals surface area contributed by atoms with Crippen LogP contribution in [0.5, 0.6) is 5.75 Å². The fourth-order valence-corrected chi connectivity index (χ4v) is 4.04. The predicted octanol–water partition coefficient (Wildman–Crippen LogP) is 5.53. The van der Waals surface area contributed by atoms with Crippen molar-refractivity contribution >= 4 is 0 Å². The first-order chi connectivity index (χ1) is 10.5. The topological polar surface area (TPSA) is 29.5 Å². The Morgan fingerprint density at radius 3 is 2.86 bits per heavy atom. The SMILES string of the molecule is CCCCCc1ccc2c(c1)OC(C)(C)[C@@H]1CC=C(O)C[C@@H]21. The highest BCUT2D eigenvalue weighted by molar-refractivity contribution is 5.44. The Labute approximate surface area is 134 Å². The van der Waals surface area contributed by atoms with Crippen LogP contribution >= 0.6 is 0 Å². The number of aliphatic hydroxyl groups is 1. The van der Waals surface area contributed by atoms with Crippen molar-refractivity contribution in [1.82, 2.24) is 0 Å². The summed E-state index contributed by atoms with van der Waals surface area (Å²) < 4.78 is 6.36. The molecule has 1 aliphatic heterocycles. The van der Waals surface area contributed by atoms with Crippen LogP contribution in [0.15, 0.2) is 30.0 Å². The van der Waals surface area contributed by atoms with Crippen LogP contribution in [0, 0.1) is 5.92 Å². The fourth-order valence-electron chi connectivity index (χ4n) is 4.04. The van der Waals surface area contributed by atoms with Crippen LogP contribution < -0.4 is 4.74 Å². The van der Waals surface area contributed by atoms with Crippen LogP contribution in [-0.2, 0) is 6.42 Å². The average molecular weight is 300 g/mol. The van der Waals surface area contributed by atoms with E-state index in [1.54, 1.807) is 0 Å². The molecule has 0 unspecified atom stereocenters. The standard InChI is InChI=1S/C20H28O2/c1-4-5-6-7-14-8-10-16-17-13-15(21)9-11-18(17)20(2,3)22-19(16)12-14/h8-10,12,17-18,21H,4-7,11,13H2,1-3H3/t17-,18+/m0/s1. The number of unbranched alkanes of at least 4 members (excludes halogenated alkanes) is 2. The lowest BCUT2D eigenvalue weighted by atomic mass is 9.68. The number of ether oxygens (including phenoxy) is 1. The van der Waals surface area contributed by atoms with Gasteiger partial charge in [-0.05, 0) is 56.4 Å². The van der Waals surface area contributed by atoms with Crippen LogP contribution in [0.1, 0.15) is 69.9 Å². The molecule has 0 bridgehead atoms. The molecule has 1 aromatic rings. The Morgan fingerprint density at radius 2 is 2.09 bits per heavy atom. The van der Waals surface area contributed by atoms with Crippen LogP contribution in [0.4, 0.5) is 0 Å². The molecular weight excluding hydrogens is 272 g/mol. The summed E-state index contributed by atoms with van der Waals surface area (Å²) in [5, 5.41) is 9.96. The molecule has 0 saturated heterocycles. The number of allylic oxidation sites excluding steroid dienone is 2. The molecule has 2 aliphatic rings. The quantitative estimate of drug-likeness (QED) is 0.741. The molecule has 2 atom stereocenters. The van der Waals surface area contributed by atoms with Crippen LogP contribution in [0.3, 0.4) is 0 Å². The zero-order valence-corrected chi connectivity index (χ0v) is 14.1. The lowest BCUT2D eigenvalue weighted by molar-refractivity contribution is 0.00530. The van der Waals surface area contributed by atoms with E-state index >= 15 is 0 Å². The average Bonchev–Trinajstić information content (AvgIpc) is 2.46. The summed E-state index contributed by atoms with van der Waals surface area (Å²) in [6, 6.07) is 6.73. The van der Waals surface area contributed by atoms with Crippen molar-refractivity contribution in [2.24, 2.45) is 5.92 Å². The van der Waals surface area contributed by atoms with E-state index in [1.165, 1.54) is 30.4 Å². The van der Waals surface area contributed by atoms with Crippen molar-refractivity contribution in [2.75, 3.05) is 0 Å². The number of benzene rings is 1. The number of fused-ring (bicyclic) bond motifs is 3. The van der Waals surface area contributed by atoms with E-state index in [9.17, 15) is 5.11 Å². The highest BCUT2D eigenvalue weighted by atomic mass is 16.5. The van der Waals surface area contributed by atoms with E-state index < -0.39 is 0 Å². The molecule has 3 rings (SSSR count). The third-order valence-corrected chi connectivity index (χ3v) is 5.33. The summed E-state index contributed by atoms with van der Waals surface area (Å²) in [6.07, 6.45) is 8.53. The first kappa shape index (κ1) is 15.5. The molecule has 1 aromatic carbocycles. The third-order valence-electron chi connectivity index (χ3n) is 5.33. The molecule has 2 nitrogen and oxygen atoms in total. The molecule has 0 saturated carbocycles. The molecule has 1 aliphatic carbocycles. The van der Waals surface area contributed by atoms with Crippen LogP contribution in [0.25, 0.3) is 0 Å². The van der Waals surface area contributed by atoms with Gasteiger partial charge in [0.25, 0.3) is 0 Å². The van der Waals surface area contributed by atoms with Gasteiger partial charge in [0.05, 0.1) is 5.76 Å². The summed E-state index contributed by atoms with van der Waals surface area (Å²) in [6.45, 7) is 6.61. The molecule has 0 radical (unpaired) electrons. The van der Waals surface area contributed by atoms with Gasteiger partial charge in [0.15, 0.2) is 0 Å². The lowest BCUT2D eigenvalue weighted by Crippen LogP contribution is -2.45. The van der Waals surface area contributed by atoms with Gasteiger partial charge in [-0.25, -0.2) is 0 Å². The van der Waals surface area contributed by atoms with Crippen molar-refractivity contribution in [3.63, 3.8) is 0 Å². The van der Waals surface area contributed by atoms with Gasteiger partial charge in [0.2, 0.25) is 0 Å². The zero-order valence-electron chi connectivity index (χ0n) is 14.1. The van der Waals surface area contributed by atoms with Crippen LogP contribution in [0.2, 0.25) is 0 Å². The molecule has 0 spiro atoms. The number of rotatable bonds is 4. The maximum Gasteiger partial charge on any atom is 0.123 e. The van der Waals surface area contributed by atoms with Gasteiger partial charge in [-0.1, -0.05) is 31.9 Å². The Kier molecular flexibility index (Phi) is 4.20. The molecule has 2 heteroatoms. The monoisotopic (exact) mass is 300 g/mol. The van der Waals surface area contributed by atoms with E-state index in [0.29, 0.717) is 17.6 Å². The summed E-state index contributed by atoms with van der Waals surface area (Å²) in [4.78, 5) is 0. The molecule has 0 amide bonds. The number of hydrogen-bond donors (Lipinski definition) is 1. The highest BCUT2D eigenvalue weighted by Crippen LogP contribution is 2.51. The number of hydrogen-bond acceptors (Lipinski definition) is 2. The second-order valence-electron chi connectivity index (χ2n) is 7.38. The lowest BCUT2D eigenvalue weighted by Gasteiger charge is -2.46. The van der Waals surface area contributed by atoms with E-state index in [4.69, 9.17) is 4.74 Å². The normalized spacial score (nSPS) is 25.7. The van der Waals surface area contributed by atoms with Crippen molar-refractivity contribution in [2.45, 2.75) is 70.8 Å². The summed E-state index contributed by atoms with van der Waals surface area (Å²) in [5.74, 6) is 2.40. The first-order valence-electron chi connectivity index (χ1n) is 8.71. The van der Waals surface area contributed by atoms with Gasteiger partial charge >= 0.3 is 0 Å². The predicted molar refractivity (Wildman–Crippen MR) is 90.6 cm³/mol. The van der Waals surface area contributed by atoms with E-state index in [0.717, 1.165) is 25.0 Å². The minimum atomic E-state index is -0.170. The van der Waals surface area contributed by atoms with Gasteiger partial charge in [-0.3, -0.25) is 0 Å². The second kappa shape index (κ2) is 5.98. The van der Waals surface area contributed by atoms with Gasteiger partial charge < -0.3 is 9.84 Å².